The predicted molar refractivity (Wildman–Crippen MR) is 174 cm³/mol. The number of alkyl halides is 1. The lowest BCUT2D eigenvalue weighted by atomic mass is 9.45. The third kappa shape index (κ3) is 4.86. The number of carbonyl (C=O) groups is 3. The topological polar surface area (TPSA) is 108 Å². The number of Topliss-reactive ketones (excluding diaryl/α,β-unsaturated/α-hetero) is 1. The molecule has 2 aromatic rings. The Morgan fingerprint density at radius 2 is 1.91 bits per heavy atom. The second kappa shape index (κ2) is 11.6. The molecule has 9 atom stereocenters. The minimum atomic E-state index is -1.54. The van der Waals surface area contributed by atoms with Crippen molar-refractivity contribution in [2.24, 2.45) is 34.5 Å². The molecule has 6 rings (SSSR count). The van der Waals surface area contributed by atoms with Crippen LogP contribution in [0.3, 0.4) is 0 Å². The second-order valence-corrected chi connectivity index (χ2v) is 15.4. The molecular weight excluding hydrogens is 660 g/mol. The highest BCUT2D eigenvalue weighted by Crippen LogP contribution is 2.70. The molecule has 3 saturated carbocycles. The Hall–Kier alpha value is -2.49. The molecule has 0 aliphatic heterocycles. The molecule has 10 heteroatoms. The van der Waals surface area contributed by atoms with Crippen LogP contribution < -0.4 is 0 Å². The number of fused-ring (bicyclic) bond motifs is 6. The van der Waals surface area contributed by atoms with Gasteiger partial charge in [-0.2, -0.15) is 5.10 Å². The Morgan fingerprint density at radius 3 is 2.60 bits per heavy atom. The van der Waals surface area contributed by atoms with Crippen molar-refractivity contribution in [3.63, 3.8) is 0 Å². The largest absolute Gasteiger partial charge is 0.457 e. The van der Waals surface area contributed by atoms with Crippen molar-refractivity contribution in [1.82, 2.24) is 9.78 Å². The van der Waals surface area contributed by atoms with Crippen LogP contribution in [0.4, 0.5) is 0 Å². The number of allylic oxidation sites excluding steroid dienone is 1. The summed E-state index contributed by atoms with van der Waals surface area (Å²) in [6, 6.07) is 8.04. The standard InChI is InChI=1S/C35H42BrClN2O6/c1-6-29(42)44-18-28(41)35(45-30(43)7-2)19(3)11-24-31-25(37)12-21-13-26-20(17-38-39(26)23-10-8-9-22(36)14-23)15-33(21,4)32(31)27(40)16-34(24,35)5/h8-10,13-14,17,19,24-25,27,31-32,40H,6-7,11-12,15-16,18H2,1-5H3/t19-,24+,25-,27+,31-,32+,33+,34+,35-/m1/s1. The van der Waals surface area contributed by atoms with Gasteiger partial charge in [-0.3, -0.25) is 14.4 Å². The van der Waals surface area contributed by atoms with Crippen molar-refractivity contribution in [2.45, 2.75) is 90.2 Å². The summed E-state index contributed by atoms with van der Waals surface area (Å²) < 4.78 is 14.4. The van der Waals surface area contributed by atoms with E-state index in [9.17, 15) is 19.5 Å². The fourth-order valence-electron chi connectivity index (χ4n) is 9.70. The van der Waals surface area contributed by atoms with E-state index in [4.69, 9.17) is 26.2 Å². The molecule has 1 aromatic carbocycles. The van der Waals surface area contributed by atoms with E-state index >= 15 is 0 Å². The molecule has 0 spiro atoms. The molecule has 0 radical (unpaired) electrons. The molecule has 0 unspecified atom stereocenters. The van der Waals surface area contributed by atoms with E-state index in [2.05, 4.69) is 28.9 Å². The molecule has 0 bridgehead atoms. The summed E-state index contributed by atoms with van der Waals surface area (Å²) in [6.07, 6.45) is 5.82. The van der Waals surface area contributed by atoms with Crippen LogP contribution in [0.25, 0.3) is 11.8 Å². The Labute approximate surface area is 278 Å². The van der Waals surface area contributed by atoms with Gasteiger partial charge in [-0.25, -0.2) is 4.68 Å². The summed E-state index contributed by atoms with van der Waals surface area (Å²) in [7, 11) is 0. The number of hydrogen-bond acceptors (Lipinski definition) is 7. The number of nitrogens with zero attached hydrogens (tertiary/aromatic N) is 2. The first-order valence-electron chi connectivity index (χ1n) is 16.1. The average Bonchev–Trinajstić information content (AvgIpc) is 3.49. The minimum Gasteiger partial charge on any atom is -0.457 e. The maximum absolute atomic E-state index is 14.1. The first kappa shape index (κ1) is 32.5. The summed E-state index contributed by atoms with van der Waals surface area (Å²) in [5, 5.41) is 16.7. The fraction of sp³-hybridized carbons (Fsp3) is 0.600. The zero-order valence-corrected chi connectivity index (χ0v) is 28.9. The van der Waals surface area contributed by atoms with Gasteiger partial charge < -0.3 is 14.6 Å². The Morgan fingerprint density at radius 1 is 1.18 bits per heavy atom. The van der Waals surface area contributed by atoms with Crippen molar-refractivity contribution in [2.75, 3.05) is 6.61 Å². The molecule has 0 saturated heterocycles. The summed E-state index contributed by atoms with van der Waals surface area (Å²) in [5.41, 5.74) is 1.50. The van der Waals surface area contributed by atoms with Gasteiger partial charge in [0, 0.05) is 34.0 Å². The maximum Gasteiger partial charge on any atom is 0.306 e. The Bertz CT molecular complexity index is 1570. The van der Waals surface area contributed by atoms with E-state index in [0.717, 1.165) is 21.4 Å². The third-order valence-electron chi connectivity index (χ3n) is 11.6. The van der Waals surface area contributed by atoms with Crippen LogP contribution in [0.2, 0.25) is 0 Å². The number of rotatable bonds is 7. The lowest BCUT2D eigenvalue weighted by molar-refractivity contribution is -0.207. The number of benzene rings is 1. The van der Waals surface area contributed by atoms with E-state index in [1.165, 1.54) is 5.57 Å². The van der Waals surface area contributed by atoms with Gasteiger partial charge in [0.2, 0.25) is 5.78 Å². The molecule has 4 aliphatic carbocycles. The molecule has 242 valence electrons. The Balaban J connectivity index is 1.39. The maximum atomic E-state index is 14.1. The number of aromatic nitrogens is 2. The SMILES string of the molecule is CCC(=O)OCC(=O)[C@]1(OC(=O)CC)[C@H](C)C[C@H]2[C@H]3[C@H]([C@@H](O)C[C@@]21C)[C@@]1(C)Cc2cnn(-c4cccc(Br)c4)c2C=C1C[C@H]3Cl. The van der Waals surface area contributed by atoms with Gasteiger partial charge in [-0.15, -0.1) is 11.6 Å². The van der Waals surface area contributed by atoms with E-state index in [1.54, 1.807) is 13.8 Å². The lowest BCUT2D eigenvalue weighted by Gasteiger charge is -2.61. The monoisotopic (exact) mass is 700 g/mol. The molecular formula is C35H42BrClN2O6. The van der Waals surface area contributed by atoms with Gasteiger partial charge in [0.1, 0.15) is 0 Å². The quantitative estimate of drug-likeness (QED) is 0.261. The molecule has 8 nitrogen and oxygen atoms in total. The number of aliphatic hydroxyl groups excluding tert-OH is 1. The average molecular weight is 702 g/mol. The number of halogens is 2. The van der Waals surface area contributed by atoms with Crippen molar-refractivity contribution in [3.8, 4) is 5.69 Å². The van der Waals surface area contributed by atoms with Crippen molar-refractivity contribution < 1.29 is 29.0 Å². The number of esters is 2. The molecule has 1 aromatic heterocycles. The molecule has 1 N–H and O–H groups in total. The van der Waals surface area contributed by atoms with E-state index in [0.29, 0.717) is 19.3 Å². The van der Waals surface area contributed by atoms with Crippen LogP contribution in [0.1, 0.15) is 78.0 Å². The van der Waals surface area contributed by atoms with Crippen LogP contribution in [-0.4, -0.2) is 56.3 Å². The number of hydrogen-bond donors (Lipinski definition) is 1. The van der Waals surface area contributed by atoms with Gasteiger partial charge >= 0.3 is 11.9 Å². The number of ether oxygens (including phenoxy) is 2. The fourth-order valence-corrected chi connectivity index (χ4v) is 10.6. The van der Waals surface area contributed by atoms with Gasteiger partial charge in [-0.1, -0.05) is 62.2 Å². The van der Waals surface area contributed by atoms with Crippen LogP contribution in [-0.2, 0) is 30.3 Å². The van der Waals surface area contributed by atoms with Crippen molar-refractivity contribution >= 4 is 51.3 Å². The van der Waals surface area contributed by atoms with Gasteiger partial charge in [-0.05, 0) is 78.7 Å². The van der Waals surface area contributed by atoms with Crippen molar-refractivity contribution in [1.29, 1.82) is 0 Å². The number of aliphatic hydroxyl groups is 1. The second-order valence-electron chi connectivity index (χ2n) is 14.0. The van der Waals surface area contributed by atoms with E-state index < -0.39 is 41.4 Å². The third-order valence-corrected chi connectivity index (χ3v) is 12.6. The molecule has 45 heavy (non-hydrogen) atoms. The highest BCUT2D eigenvalue weighted by atomic mass is 79.9. The van der Waals surface area contributed by atoms with Gasteiger partial charge in [0.15, 0.2) is 12.2 Å². The van der Waals surface area contributed by atoms with Gasteiger partial charge in [0.05, 0.1) is 23.7 Å². The predicted octanol–water partition coefficient (Wildman–Crippen LogP) is 6.47. The molecule has 4 aliphatic rings. The van der Waals surface area contributed by atoms with Crippen molar-refractivity contribution in [3.05, 3.63) is 51.8 Å². The zero-order valence-electron chi connectivity index (χ0n) is 26.5. The Kier molecular flexibility index (Phi) is 8.39. The molecule has 3 fully saturated rings. The summed E-state index contributed by atoms with van der Waals surface area (Å²) in [6.45, 7) is 9.04. The minimum absolute atomic E-state index is 0.0944. The van der Waals surface area contributed by atoms with Crippen LogP contribution in [0.15, 0.2) is 40.5 Å². The first-order chi connectivity index (χ1) is 21.3. The normalized spacial score (nSPS) is 36.6. The summed E-state index contributed by atoms with van der Waals surface area (Å²) >= 11 is 10.9. The van der Waals surface area contributed by atoms with Crippen LogP contribution in [0.5, 0.6) is 0 Å². The van der Waals surface area contributed by atoms with Gasteiger partial charge in [0.25, 0.3) is 0 Å². The van der Waals surface area contributed by atoms with Crippen LogP contribution in [0, 0.1) is 34.5 Å². The summed E-state index contributed by atoms with van der Waals surface area (Å²) in [5.74, 6) is -2.14. The first-order valence-corrected chi connectivity index (χ1v) is 17.3. The highest BCUT2D eigenvalue weighted by molar-refractivity contribution is 9.10. The number of carbonyl (C=O) groups excluding carboxylic acids is 3. The zero-order chi connectivity index (χ0) is 32.5. The van der Waals surface area contributed by atoms with E-state index in [1.807, 2.05) is 49.0 Å². The molecule has 0 amide bonds. The number of ketones is 1. The summed E-state index contributed by atoms with van der Waals surface area (Å²) in [4.78, 5) is 39.1. The highest BCUT2D eigenvalue weighted by Gasteiger charge is 2.74. The van der Waals surface area contributed by atoms with E-state index in [-0.39, 0.29) is 53.7 Å². The molecule has 1 heterocycles. The smallest absolute Gasteiger partial charge is 0.306 e. The van der Waals surface area contributed by atoms with Crippen LogP contribution >= 0.6 is 27.5 Å². The lowest BCUT2D eigenvalue weighted by Crippen LogP contribution is -2.66.